The lowest BCUT2D eigenvalue weighted by molar-refractivity contribution is 0.0866. The molecule has 3 aromatic carbocycles. The first-order valence-corrected chi connectivity index (χ1v) is 15.6. The fraction of sp³-hybridized carbons (Fsp3) is 0.314. The molecule has 5 aromatic rings. The molecule has 0 amide bonds. The van der Waals surface area contributed by atoms with E-state index in [9.17, 15) is 9.65 Å². The number of piperidine rings is 1. The van der Waals surface area contributed by atoms with Crippen LogP contribution in [0.15, 0.2) is 79.1 Å². The van der Waals surface area contributed by atoms with Crippen molar-refractivity contribution in [3.63, 3.8) is 0 Å². The molecule has 2 aromatic heterocycles. The molecule has 1 fully saturated rings. The number of rotatable bonds is 8. The van der Waals surface area contributed by atoms with Crippen LogP contribution in [-0.4, -0.2) is 43.5 Å². The zero-order valence-electron chi connectivity index (χ0n) is 25.6. The summed E-state index contributed by atoms with van der Waals surface area (Å²) in [7, 11) is 0. The third-order valence-corrected chi connectivity index (χ3v) is 8.73. The van der Waals surface area contributed by atoms with Crippen molar-refractivity contribution < 1.29 is 4.39 Å². The SMILES string of the molecule is CC(C)(C)N1CCC(n2cc([C@@H](Nc3cc(Cl)cc4c(NCc5ccccc5F)c(C#N)cnc34)c3ccccc3)nn2)CC1. The number of aromatic nitrogens is 4. The topological polar surface area (TPSA) is 94.7 Å². The van der Waals surface area contributed by atoms with Gasteiger partial charge in [0, 0.05) is 47.3 Å². The van der Waals surface area contributed by atoms with Gasteiger partial charge in [0.25, 0.3) is 0 Å². The quantitative estimate of drug-likeness (QED) is 0.183. The molecule has 0 spiro atoms. The summed E-state index contributed by atoms with van der Waals surface area (Å²) in [6, 6.07) is 22.4. The van der Waals surface area contributed by atoms with Gasteiger partial charge in [0.05, 0.1) is 40.7 Å². The predicted octanol–water partition coefficient (Wildman–Crippen LogP) is 7.74. The van der Waals surface area contributed by atoms with E-state index in [0.29, 0.717) is 38.4 Å². The summed E-state index contributed by atoms with van der Waals surface area (Å²) in [5.74, 6) is -0.319. The zero-order valence-corrected chi connectivity index (χ0v) is 26.4. The average Bonchev–Trinajstić information content (AvgIpc) is 3.53. The van der Waals surface area contributed by atoms with Crippen molar-refractivity contribution >= 4 is 33.9 Å². The Labute approximate surface area is 267 Å². The monoisotopic (exact) mass is 622 g/mol. The van der Waals surface area contributed by atoms with Crippen LogP contribution in [0, 0.1) is 17.1 Å². The van der Waals surface area contributed by atoms with Crippen LogP contribution in [0.25, 0.3) is 10.9 Å². The molecular formula is C35H36ClFN8. The Morgan fingerprint density at radius 2 is 1.80 bits per heavy atom. The number of hydrogen-bond acceptors (Lipinski definition) is 7. The maximum absolute atomic E-state index is 14.4. The van der Waals surface area contributed by atoms with Gasteiger partial charge in [-0.1, -0.05) is 65.3 Å². The van der Waals surface area contributed by atoms with Crippen LogP contribution in [-0.2, 0) is 6.54 Å². The van der Waals surface area contributed by atoms with Gasteiger partial charge in [-0.3, -0.25) is 9.88 Å². The van der Waals surface area contributed by atoms with Gasteiger partial charge >= 0.3 is 0 Å². The number of hydrogen-bond donors (Lipinski definition) is 2. The smallest absolute Gasteiger partial charge is 0.128 e. The largest absolute Gasteiger partial charge is 0.379 e. The summed E-state index contributed by atoms with van der Waals surface area (Å²) in [4.78, 5) is 7.19. The molecule has 0 saturated carbocycles. The highest BCUT2D eigenvalue weighted by Gasteiger charge is 2.29. The van der Waals surface area contributed by atoms with Crippen molar-refractivity contribution in [2.24, 2.45) is 0 Å². The molecule has 45 heavy (non-hydrogen) atoms. The fourth-order valence-corrected chi connectivity index (χ4v) is 6.23. The van der Waals surface area contributed by atoms with Gasteiger partial charge in [0.2, 0.25) is 0 Å². The number of pyridine rings is 1. The van der Waals surface area contributed by atoms with Crippen LogP contribution < -0.4 is 10.6 Å². The Hall–Kier alpha value is -4.52. The second-order valence-corrected chi connectivity index (χ2v) is 12.9. The van der Waals surface area contributed by atoms with Crippen LogP contribution in [0.2, 0.25) is 5.02 Å². The highest BCUT2D eigenvalue weighted by molar-refractivity contribution is 6.32. The second-order valence-electron chi connectivity index (χ2n) is 12.5. The predicted molar refractivity (Wildman–Crippen MR) is 177 cm³/mol. The molecule has 1 aliphatic heterocycles. The minimum absolute atomic E-state index is 0.149. The average molecular weight is 623 g/mol. The summed E-state index contributed by atoms with van der Waals surface area (Å²) >= 11 is 6.68. The third-order valence-electron chi connectivity index (χ3n) is 8.51. The minimum atomic E-state index is -0.344. The highest BCUT2D eigenvalue weighted by atomic mass is 35.5. The fourth-order valence-electron chi connectivity index (χ4n) is 6.01. The lowest BCUT2D eigenvalue weighted by Crippen LogP contribution is -2.46. The van der Waals surface area contributed by atoms with E-state index >= 15 is 0 Å². The standard InChI is InChI=1S/C35H36ClFN8/c1-35(2,3)44-15-13-27(14-16-44)45-22-31(42-43-45)33(23-9-5-4-6-10-23)41-30-18-26(36)17-28-32(25(19-38)21-40-34(28)30)39-20-24-11-7-8-12-29(24)37/h4-12,17-18,21-22,27,33,41H,13-16,20H2,1-3H3,(H,39,40)/t33-/m0/s1. The molecule has 0 bridgehead atoms. The Kier molecular flexibility index (Phi) is 8.70. The normalized spacial score (nSPS) is 15.1. The van der Waals surface area contributed by atoms with Gasteiger partial charge in [-0.15, -0.1) is 5.10 Å². The Morgan fingerprint density at radius 1 is 1.07 bits per heavy atom. The number of nitrogens with one attached hydrogen (secondary N) is 2. The Balaban J connectivity index is 1.34. The summed E-state index contributed by atoms with van der Waals surface area (Å²) in [5.41, 5.74) is 4.60. The second kappa shape index (κ2) is 12.8. The van der Waals surface area contributed by atoms with E-state index < -0.39 is 0 Å². The van der Waals surface area contributed by atoms with E-state index in [1.54, 1.807) is 24.3 Å². The number of likely N-dealkylation sites (tertiary alicyclic amines) is 1. The maximum Gasteiger partial charge on any atom is 0.128 e. The first-order chi connectivity index (χ1) is 21.7. The maximum atomic E-state index is 14.4. The molecule has 0 unspecified atom stereocenters. The van der Waals surface area contributed by atoms with Crippen molar-refractivity contribution in [1.82, 2.24) is 24.9 Å². The van der Waals surface area contributed by atoms with Crippen LogP contribution in [0.1, 0.15) is 68.1 Å². The molecule has 2 N–H and O–H groups in total. The lowest BCUT2D eigenvalue weighted by atomic mass is 9.98. The van der Waals surface area contributed by atoms with Crippen molar-refractivity contribution in [3.8, 4) is 6.07 Å². The lowest BCUT2D eigenvalue weighted by Gasteiger charge is -2.40. The van der Waals surface area contributed by atoms with E-state index in [1.165, 1.54) is 12.3 Å². The van der Waals surface area contributed by atoms with E-state index in [-0.39, 0.29) is 30.0 Å². The van der Waals surface area contributed by atoms with Gasteiger partial charge in [0.15, 0.2) is 0 Å². The van der Waals surface area contributed by atoms with E-state index in [1.807, 2.05) is 47.3 Å². The van der Waals surface area contributed by atoms with Crippen LogP contribution in [0.4, 0.5) is 15.8 Å². The number of benzene rings is 3. The van der Waals surface area contributed by atoms with Gasteiger partial charge in [-0.05, 0) is 57.4 Å². The van der Waals surface area contributed by atoms with Gasteiger partial charge in [-0.25, -0.2) is 9.07 Å². The van der Waals surface area contributed by atoms with Gasteiger partial charge in [0.1, 0.15) is 17.6 Å². The molecule has 0 aliphatic carbocycles. The molecule has 8 nitrogen and oxygen atoms in total. The number of fused-ring (bicyclic) bond motifs is 1. The van der Waals surface area contributed by atoms with Crippen LogP contribution >= 0.6 is 11.6 Å². The summed E-state index contributed by atoms with van der Waals surface area (Å²) < 4.78 is 16.4. The van der Waals surface area contributed by atoms with Crippen molar-refractivity contribution in [2.45, 2.75) is 57.8 Å². The molecule has 6 rings (SSSR count). The Morgan fingerprint density at radius 3 is 2.51 bits per heavy atom. The molecule has 1 saturated heterocycles. The number of anilines is 2. The molecule has 1 atom stereocenters. The van der Waals surface area contributed by atoms with E-state index in [0.717, 1.165) is 37.2 Å². The van der Waals surface area contributed by atoms with Gasteiger partial charge < -0.3 is 10.6 Å². The number of nitriles is 1. The highest BCUT2D eigenvalue weighted by Crippen LogP contribution is 2.37. The van der Waals surface area contributed by atoms with E-state index in [4.69, 9.17) is 11.6 Å². The van der Waals surface area contributed by atoms with Crippen molar-refractivity contribution in [1.29, 1.82) is 5.26 Å². The van der Waals surface area contributed by atoms with Crippen LogP contribution in [0.3, 0.4) is 0 Å². The summed E-state index contributed by atoms with van der Waals surface area (Å²) in [6.07, 6.45) is 5.59. The van der Waals surface area contributed by atoms with Crippen molar-refractivity contribution in [3.05, 3.63) is 112 Å². The molecular weight excluding hydrogens is 587 g/mol. The number of nitrogens with zero attached hydrogens (tertiary/aromatic N) is 6. The summed E-state index contributed by atoms with van der Waals surface area (Å²) in [5, 5.41) is 27.2. The molecule has 10 heteroatoms. The Bertz CT molecular complexity index is 1830. The van der Waals surface area contributed by atoms with Crippen LogP contribution in [0.5, 0.6) is 0 Å². The number of halogens is 2. The minimum Gasteiger partial charge on any atom is -0.379 e. The third kappa shape index (κ3) is 6.63. The first-order valence-electron chi connectivity index (χ1n) is 15.2. The zero-order chi connectivity index (χ0) is 31.6. The molecule has 3 heterocycles. The molecule has 0 radical (unpaired) electrons. The molecule has 230 valence electrons. The van der Waals surface area contributed by atoms with Crippen molar-refractivity contribution in [2.75, 3.05) is 23.7 Å². The summed E-state index contributed by atoms with van der Waals surface area (Å²) in [6.45, 7) is 9.00. The van der Waals surface area contributed by atoms with E-state index in [2.05, 4.69) is 57.7 Å². The van der Waals surface area contributed by atoms with Gasteiger partial charge in [-0.2, -0.15) is 5.26 Å². The molecule has 1 aliphatic rings. The first kappa shape index (κ1) is 30.5.